The summed E-state index contributed by atoms with van der Waals surface area (Å²) in [5.74, 6) is -0.102. The maximum absolute atomic E-state index is 12.4. The highest BCUT2D eigenvalue weighted by molar-refractivity contribution is 7.16. The van der Waals surface area contributed by atoms with E-state index in [4.69, 9.17) is 0 Å². The van der Waals surface area contributed by atoms with Crippen molar-refractivity contribution in [1.29, 1.82) is 0 Å². The third kappa shape index (κ3) is 3.32. The molecule has 3 rings (SSSR count). The maximum Gasteiger partial charge on any atom is 0.255 e. The Kier molecular flexibility index (Phi) is 4.18. The molecule has 4 nitrogen and oxygen atoms in total. The van der Waals surface area contributed by atoms with Crippen molar-refractivity contribution in [3.63, 3.8) is 0 Å². The van der Waals surface area contributed by atoms with Gasteiger partial charge in [0.1, 0.15) is 0 Å². The van der Waals surface area contributed by atoms with Crippen LogP contribution in [0.3, 0.4) is 0 Å². The van der Waals surface area contributed by atoms with Crippen LogP contribution in [0.5, 0.6) is 0 Å². The number of aromatic nitrogens is 1. The monoisotopic (exact) mass is 311 g/mol. The predicted molar refractivity (Wildman–Crippen MR) is 91.4 cm³/mol. The van der Waals surface area contributed by atoms with Gasteiger partial charge in [-0.3, -0.25) is 4.79 Å². The quantitative estimate of drug-likeness (QED) is 0.800. The SMILES string of the molecule is CN(C)Cc1cccc(C(=O)Nc2ccc3scnc3c2)c1. The van der Waals surface area contributed by atoms with E-state index in [9.17, 15) is 4.79 Å². The molecule has 0 atom stereocenters. The van der Waals surface area contributed by atoms with Gasteiger partial charge in [-0.1, -0.05) is 12.1 Å². The van der Waals surface area contributed by atoms with Crippen LogP contribution >= 0.6 is 11.3 Å². The zero-order valence-electron chi connectivity index (χ0n) is 12.5. The van der Waals surface area contributed by atoms with E-state index in [0.717, 1.165) is 28.0 Å². The van der Waals surface area contributed by atoms with Crippen molar-refractivity contribution in [3.8, 4) is 0 Å². The second-order valence-corrected chi connectivity index (χ2v) is 6.31. The van der Waals surface area contributed by atoms with Crippen molar-refractivity contribution in [3.05, 3.63) is 59.1 Å². The Morgan fingerprint density at radius 1 is 1.23 bits per heavy atom. The fourth-order valence-corrected chi connectivity index (χ4v) is 2.97. The van der Waals surface area contributed by atoms with Crippen molar-refractivity contribution in [2.24, 2.45) is 0 Å². The van der Waals surface area contributed by atoms with E-state index in [-0.39, 0.29) is 5.91 Å². The number of rotatable bonds is 4. The van der Waals surface area contributed by atoms with Crippen molar-refractivity contribution in [2.45, 2.75) is 6.54 Å². The number of amides is 1. The lowest BCUT2D eigenvalue weighted by atomic mass is 10.1. The normalized spacial score (nSPS) is 11.0. The van der Waals surface area contributed by atoms with Crippen molar-refractivity contribution >= 4 is 33.1 Å². The first kappa shape index (κ1) is 14.7. The molecular weight excluding hydrogens is 294 g/mol. The molecule has 0 spiro atoms. The van der Waals surface area contributed by atoms with Crippen LogP contribution in [-0.2, 0) is 6.54 Å². The minimum atomic E-state index is -0.102. The highest BCUT2D eigenvalue weighted by Gasteiger charge is 2.08. The summed E-state index contributed by atoms with van der Waals surface area (Å²) in [7, 11) is 4.02. The fourth-order valence-electron chi connectivity index (χ4n) is 2.31. The number of anilines is 1. The Morgan fingerprint density at radius 3 is 2.91 bits per heavy atom. The fraction of sp³-hybridized carbons (Fsp3) is 0.176. The molecule has 0 aliphatic heterocycles. The minimum absolute atomic E-state index is 0.102. The Bertz CT molecular complexity index is 810. The molecular formula is C17H17N3OS. The van der Waals surface area contributed by atoms with Gasteiger partial charge in [-0.2, -0.15) is 0 Å². The molecule has 1 N–H and O–H groups in total. The summed E-state index contributed by atoms with van der Waals surface area (Å²) in [5, 5.41) is 2.93. The second-order valence-electron chi connectivity index (χ2n) is 5.43. The molecule has 0 aliphatic carbocycles. The number of nitrogens with zero attached hydrogens (tertiary/aromatic N) is 2. The predicted octanol–water partition coefficient (Wildman–Crippen LogP) is 3.61. The lowest BCUT2D eigenvalue weighted by Crippen LogP contribution is -2.14. The molecule has 1 heterocycles. The van der Waals surface area contributed by atoms with Gasteiger partial charge >= 0.3 is 0 Å². The summed E-state index contributed by atoms with van der Waals surface area (Å²) in [6.45, 7) is 0.811. The Morgan fingerprint density at radius 2 is 2.09 bits per heavy atom. The topological polar surface area (TPSA) is 45.2 Å². The zero-order chi connectivity index (χ0) is 15.5. The third-order valence-electron chi connectivity index (χ3n) is 3.28. The second kappa shape index (κ2) is 6.25. The van der Waals surface area contributed by atoms with E-state index in [0.29, 0.717) is 5.56 Å². The molecule has 0 saturated heterocycles. The number of benzene rings is 2. The van der Waals surface area contributed by atoms with E-state index in [1.807, 2.05) is 56.6 Å². The smallest absolute Gasteiger partial charge is 0.255 e. The number of carbonyl (C=O) groups is 1. The third-order valence-corrected chi connectivity index (χ3v) is 4.09. The van der Waals surface area contributed by atoms with Gasteiger partial charge in [-0.15, -0.1) is 11.3 Å². The molecule has 112 valence electrons. The summed E-state index contributed by atoms with van der Waals surface area (Å²) in [4.78, 5) is 18.7. The molecule has 0 bridgehead atoms. The molecule has 1 aromatic heterocycles. The van der Waals surface area contributed by atoms with Gasteiger partial charge in [0.05, 0.1) is 15.7 Å². The summed E-state index contributed by atoms with van der Waals surface area (Å²) in [6, 6.07) is 13.5. The highest BCUT2D eigenvalue weighted by Crippen LogP contribution is 2.22. The summed E-state index contributed by atoms with van der Waals surface area (Å²) >= 11 is 1.59. The van der Waals surface area contributed by atoms with Crippen molar-refractivity contribution in [2.75, 3.05) is 19.4 Å². The largest absolute Gasteiger partial charge is 0.322 e. The standard InChI is InChI=1S/C17H17N3OS/c1-20(2)10-12-4-3-5-13(8-12)17(21)19-14-6-7-16-15(9-14)18-11-22-16/h3-9,11H,10H2,1-2H3,(H,19,21). The van der Waals surface area contributed by atoms with Gasteiger partial charge in [-0.25, -0.2) is 4.98 Å². The Labute approximate surface area is 133 Å². The average Bonchev–Trinajstić information content (AvgIpc) is 2.94. The highest BCUT2D eigenvalue weighted by atomic mass is 32.1. The van der Waals surface area contributed by atoms with Crippen LogP contribution in [0.15, 0.2) is 48.0 Å². The van der Waals surface area contributed by atoms with E-state index in [1.165, 1.54) is 0 Å². The van der Waals surface area contributed by atoms with E-state index in [2.05, 4.69) is 15.2 Å². The maximum atomic E-state index is 12.4. The lowest BCUT2D eigenvalue weighted by molar-refractivity contribution is 0.102. The molecule has 0 fully saturated rings. The van der Waals surface area contributed by atoms with Crippen LogP contribution in [0.4, 0.5) is 5.69 Å². The summed E-state index contributed by atoms with van der Waals surface area (Å²) in [5.41, 5.74) is 5.26. The van der Waals surface area contributed by atoms with Crippen molar-refractivity contribution in [1.82, 2.24) is 9.88 Å². The molecule has 2 aromatic carbocycles. The first-order chi connectivity index (χ1) is 10.6. The van der Waals surface area contributed by atoms with Crippen LogP contribution in [0, 0.1) is 0 Å². The number of thiazole rings is 1. The number of fused-ring (bicyclic) bond motifs is 1. The van der Waals surface area contributed by atoms with E-state index < -0.39 is 0 Å². The number of carbonyl (C=O) groups excluding carboxylic acids is 1. The Balaban J connectivity index is 1.78. The summed E-state index contributed by atoms with van der Waals surface area (Å²) in [6.07, 6.45) is 0. The van der Waals surface area contributed by atoms with Gasteiger partial charge in [0.2, 0.25) is 0 Å². The molecule has 0 radical (unpaired) electrons. The molecule has 22 heavy (non-hydrogen) atoms. The first-order valence-electron chi connectivity index (χ1n) is 7.00. The van der Waals surface area contributed by atoms with Crippen LogP contribution in [0.2, 0.25) is 0 Å². The molecule has 0 unspecified atom stereocenters. The van der Waals surface area contributed by atoms with Crippen LogP contribution in [-0.4, -0.2) is 29.9 Å². The number of hydrogen-bond donors (Lipinski definition) is 1. The van der Waals surface area contributed by atoms with Crippen LogP contribution in [0.25, 0.3) is 10.2 Å². The van der Waals surface area contributed by atoms with Crippen molar-refractivity contribution < 1.29 is 4.79 Å². The Hall–Kier alpha value is -2.24. The molecule has 3 aromatic rings. The number of nitrogens with one attached hydrogen (secondary N) is 1. The molecule has 0 saturated carbocycles. The molecule has 0 aliphatic rings. The number of hydrogen-bond acceptors (Lipinski definition) is 4. The average molecular weight is 311 g/mol. The van der Waals surface area contributed by atoms with Gasteiger partial charge in [0, 0.05) is 17.8 Å². The van der Waals surface area contributed by atoms with Crippen LogP contribution < -0.4 is 5.32 Å². The zero-order valence-corrected chi connectivity index (χ0v) is 13.4. The molecule has 1 amide bonds. The minimum Gasteiger partial charge on any atom is -0.322 e. The van der Waals surface area contributed by atoms with Gasteiger partial charge in [-0.05, 0) is 50.0 Å². The lowest BCUT2D eigenvalue weighted by Gasteiger charge is -2.11. The summed E-state index contributed by atoms with van der Waals surface area (Å²) < 4.78 is 1.12. The first-order valence-corrected chi connectivity index (χ1v) is 7.88. The van der Waals surface area contributed by atoms with Gasteiger partial charge in [0.25, 0.3) is 5.91 Å². The van der Waals surface area contributed by atoms with Gasteiger partial charge < -0.3 is 10.2 Å². The molecule has 5 heteroatoms. The van der Waals surface area contributed by atoms with Crippen LogP contribution in [0.1, 0.15) is 15.9 Å². The van der Waals surface area contributed by atoms with Gasteiger partial charge in [0.15, 0.2) is 0 Å². The van der Waals surface area contributed by atoms with E-state index in [1.54, 1.807) is 16.8 Å². The van der Waals surface area contributed by atoms with E-state index >= 15 is 0 Å².